The highest BCUT2D eigenvalue weighted by Crippen LogP contribution is 2.28. The van der Waals surface area contributed by atoms with Gasteiger partial charge in [-0.25, -0.2) is 0 Å². The second-order valence-corrected chi connectivity index (χ2v) is 5.01. The van der Waals surface area contributed by atoms with Crippen molar-refractivity contribution >= 4 is 23.4 Å². The van der Waals surface area contributed by atoms with Crippen LogP contribution in [0, 0.1) is 10.1 Å². The van der Waals surface area contributed by atoms with Crippen molar-refractivity contribution in [2.24, 2.45) is 5.73 Å². The van der Waals surface area contributed by atoms with Gasteiger partial charge in [-0.2, -0.15) is 0 Å². The van der Waals surface area contributed by atoms with Gasteiger partial charge in [0.25, 0.3) is 5.69 Å². The standard InChI is InChI=1S/C12H17N3O3S/c1-2-7-14-9(12(13)16)8-19-11-6-4-3-5-10(11)15(17)18/h3-6,9,14H,2,7-8H2,1H3,(H2,13,16). The van der Waals surface area contributed by atoms with Crippen LogP contribution in [0.1, 0.15) is 13.3 Å². The van der Waals surface area contributed by atoms with Crippen molar-refractivity contribution in [1.82, 2.24) is 5.32 Å². The molecule has 1 amide bonds. The average molecular weight is 283 g/mol. The first kappa shape index (κ1) is 15.5. The Bertz CT molecular complexity index is 454. The lowest BCUT2D eigenvalue weighted by atomic mass is 10.3. The van der Waals surface area contributed by atoms with Crippen LogP contribution >= 0.6 is 11.8 Å². The molecule has 104 valence electrons. The molecule has 1 atom stereocenters. The van der Waals surface area contributed by atoms with Crippen LogP contribution in [-0.4, -0.2) is 29.2 Å². The number of nitro benzene ring substituents is 1. The van der Waals surface area contributed by atoms with Gasteiger partial charge in [0.2, 0.25) is 5.91 Å². The Hall–Kier alpha value is -1.60. The van der Waals surface area contributed by atoms with Gasteiger partial charge in [0.1, 0.15) is 0 Å². The van der Waals surface area contributed by atoms with Crippen LogP contribution in [0.15, 0.2) is 29.2 Å². The fourth-order valence-electron chi connectivity index (χ4n) is 1.46. The van der Waals surface area contributed by atoms with E-state index >= 15 is 0 Å². The smallest absolute Gasteiger partial charge is 0.282 e. The van der Waals surface area contributed by atoms with Crippen LogP contribution in [0.5, 0.6) is 0 Å². The van der Waals surface area contributed by atoms with E-state index in [-0.39, 0.29) is 5.69 Å². The Labute approximate surface area is 115 Å². The number of hydrogen-bond acceptors (Lipinski definition) is 5. The van der Waals surface area contributed by atoms with E-state index in [0.717, 1.165) is 6.42 Å². The third-order valence-corrected chi connectivity index (χ3v) is 3.61. The fraction of sp³-hybridized carbons (Fsp3) is 0.417. The molecule has 6 nitrogen and oxygen atoms in total. The van der Waals surface area contributed by atoms with E-state index in [1.807, 2.05) is 6.92 Å². The third kappa shape index (κ3) is 4.88. The lowest BCUT2D eigenvalue weighted by molar-refractivity contribution is -0.387. The molecule has 0 radical (unpaired) electrons. The van der Waals surface area contributed by atoms with Crippen molar-refractivity contribution in [2.45, 2.75) is 24.3 Å². The van der Waals surface area contributed by atoms with E-state index in [9.17, 15) is 14.9 Å². The molecule has 7 heteroatoms. The molecule has 0 aliphatic heterocycles. The molecule has 3 N–H and O–H groups in total. The zero-order valence-corrected chi connectivity index (χ0v) is 11.5. The quantitative estimate of drug-likeness (QED) is 0.428. The van der Waals surface area contributed by atoms with Gasteiger partial charge >= 0.3 is 0 Å². The minimum absolute atomic E-state index is 0.0474. The summed E-state index contributed by atoms with van der Waals surface area (Å²) >= 11 is 1.26. The van der Waals surface area contributed by atoms with Gasteiger partial charge in [0.15, 0.2) is 0 Å². The SMILES string of the molecule is CCCNC(CSc1ccccc1[N+](=O)[O-])C(N)=O. The Kier molecular flexibility index (Phi) is 6.31. The number of nitro groups is 1. The topological polar surface area (TPSA) is 98.3 Å². The van der Waals surface area contributed by atoms with Gasteiger partial charge in [-0.3, -0.25) is 14.9 Å². The van der Waals surface area contributed by atoms with E-state index in [2.05, 4.69) is 5.32 Å². The number of benzene rings is 1. The van der Waals surface area contributed by atoms with Gasteiger partial charge in [-0.05, 0) is 19.0 Å². The Morgan fingerprint density at radius 3 is 2.79 bits per heavy atom. The van der Waals surface area contributed by atoms with E-state index in [4.69, 9.17) is 5.73 Å². The first-order chi connectivity index (χ1) is 9.06. The molecule has 1 rings (SSSR count). The van der Waals surface area contributed by atoms with Crippen LogP contribution in [0.25, 0.3) is 0 Å². The number of primary amides is 1. The van der Waals surface area contributed by atoms with Crippen LogP contribution in [0.2, 0.25) is 0 Å². The molecule has 19 heavy (non-hydrogen) atoms. The van der Waals surface area contributed by atoms with E-state index < -0.39 is 16.9 Å². The number of thioether (sulfide) groups is 1. The largest absolute Gasteiger partial charge is 0.368 e. The zero-order chi connectivity index (χ0) is 14.3. The fourth-order valence-corrected chi connectivity index (χ4v) is 2.56. The second kappa shape index (κ2) is 7.75. The third-order valence-electron chi connectivity index (χ3n) is 2.45. The highest BCUT2D eigenvalue weighted by molar-refractivity contribution is 7.99. The zero-order valence-electron chi connectivity index (χ0n) is 10.7. The van der Waals surface area contributed by atoms with E-state index in [1.165, 1.54) is 17.8 Å². The van der Waals surface area contributed by atoms with Crippen LogP contribution in [0.3, 0.4) is 0 Å². The highest BCUT2D eigenvalue weighted by Gasteiger charge is 2.18. The van der Waals surface area contributed by atoms with Crippen molar-refractivity contribution in [3.8, 4) is 0 Å². The van der Waals surface area contributed by atoms with Gasteiger partial charge < -0.3 is 11.1 Å². The summed E-state index contributed by atoms with van der Waals surface area (Å²) < 4.78 is 0. The van der Waals surface area contributed by atoms with Crippen molar-refractivity contribution < 1.29 is 9.72 Å². The molecule has 0 fully saturated rings. The molecule has 0 heterocycles. The number of carbonyl (C=O) groups is 1. The molecule has 1 aromatic rings. The summed E-state index contributed by atoms with van der Waals surface area (Å²) in [6.45, 7) is 2.67. The minimum Gasteiger partial charge on any atom is -0.368 e. The molecule has 0 bridgehead atoms. The summed E-state index contributed by atoms with van der Waals surface area (Å²) in [6, 6.07) is 5.98. The number of carbonyl (C=O) groups excluding carboxylic acids is 1. The molecule has 1 unspecified atom stereocenters. The first-order valence-electron chi connectivity index (χ1n) is 5.95. The van der Waals surface area contributed by atoms with Crippen LogP contribution < -0.4 is 11.1 Å². The summed E-state index contributed by atoms with van der Waals surface area (Å²) in [5, 5.41) is 13.9. The lowest BCUT2D eigenvalue weighted by Crippen LogP contribution is -2.43. The molecular formula is C12H17N3O3S. The monoisotopic (exact) mass is 283 g/mol. The molecule has 0 aromatic heterocycles. The number of rotatable bonds is 8. The number of nitrogens with two attached hydrogens (primary N) is 1. The molecular weight excluding hydrogens is 266 g/mol. The number of hydrogen-bond donors (Lipinski definition) is 2. The predicted octanol–water partition coefficient (Wildman–Crippen LogP) is 1.54. The van der Waals surface area contributed by atoms with Gasteiger partial charge in [0.05, 0.1) is 15.9 Å². The van der Waals surface area contributed by atoms with E-state index in [0.29, 0.717) is 17.2 Å². The highest BCUT2D eigenvalue weighted by atomic mass is 32.2. The van der Waals surface area contributed by atoms with Gasteiger partial charge in [0, 0.05) is 11.8 Å². The molecule has 0 aliphatic rings. The van der Waals surface area contributed by atoms with Crippen LogP contribution in [-0.2, 0) is 4.79 Å². The number of nitrogens with zero attached hydrogens (tertiary/aromatic N) is 1. The maximum absolute atomic E-state index is 11.3. The van der Waals surface area contributed by atoms with E-state index in [1.54, 1.807) is 18.2 Å². The van der Waals surface area contributed by atoms with Gasteiger partial charge in [-0.15, -0.1) is 11.8 Å². The summed E-state index contributed by atoms with van der Waals surface area (Å²) in [4.78, 5) is 22.2. The average Bonchev–Trinajstić information content (AvgIpc) is 2.38. The summed E-state index contributed by atoms with van der Waals surface area (Å²) in [7, 11) is 0. The second-order valence-electron chi connectivity index (χ2n) is 3.94. The maximum atomic E-state index is 11.3. The molecule has 0 saturated heterocycles. The minimum atomic E-state index is -0.482. The van der Waals surface area contributed by atoms with Gasteiger partial charge in [-0.1, -0.05) is 19.1 Å². The maximum Gasteiger partial charge on any atom is 0.282 e. The van der Waals surface area contributed by atoms with Crippen molar-refractivity contribution in [2.75, 3.05) is 12.3 Å². The normalized spacial score (nSPS) is 12.1. The summed E-state index contributed by atoms with van der Waals surface area (Å²) in [5.41, 5.74) is 5.34. The number of nitrogens with one attached hydrogen (secondary N) is 1. The molecule has 0 aliphatic carbocycles. The Balaban J connectivity index is 2.68. The number of amides is 1. The molecule has 0 spiro atoms. The Morgan fingerprint density at radius 2 is 2.21 bits per heavy atom. The van der Waals surface area contributed by atoms with Crippen molar-refractivity contribution in [3.63, 3.8) is 0 Å². The lowest BCUT2D eigenvalue weighted by Gasteiger charge is -2.14. The summed E-state index contributed by atoms with van der Waals surface area (Å²) in [5.74, 6) is -0.0697. The summed E-state index contributed by atoms with van der Waals surface area (Å²) in [6.07, 6.45) is 0.889. The molecule has 1 aromatic carbocycles. The Morgan fingerprint density at radius 1 is 1.53 bits per heavy atom. The first-order valence-corrected chi connectivity index (χ1v) is 6.93. The van der Waals surface area contributed by atoms with Crippen molar-refractivity contribution in [3.05, 3.63) is 34.4 Å². The molecule has 0 saturated carbocycles. The number of para-hydroxylation sites is 1. The van der Waals surface area contributed by atoms with Crippen LogP contribution in [0.4, 0.5) is 5.69 Å². The predicted molar refractivity (Wildman–Crippen MR) is 75.1 cm³/mol. The van der Waals surface area contributed by atoms with Crippen molar-refractivity contribution in [1.29, 1.82) is 0 Å².